The van der Waals surface area contributed by atoms with Gasteiger partial charge in [-0.3, -0.25) is 9.59 Å². The van der Waals surface area contributed by atoms with E-state index in [4.69, 9.17) is 0 Å². The number of carbonyl (C=O) groups is 2. The highest BCUT2D eigenvalue weighted by Crippen LogP contribution is 2.23. The molecule has 0 aromatic heterocycles. The summed E-state index contributed by atoms with van der Waals surface area (Å²) in [6.07, 6.45) is 0. The van der Waals surface area contributed by atoms with Crippen LogP contribution >= 0.6 is 11.8 Å². The minimum absolute atomic E-state index is 0.0696. The number of ketones is 2. The largest absolute Gasteiger partial charge is 0.289 e. The van der Waals surface area contributed by atoms with Gasteiger partial charge in [0.15, 0.2) is 11.6 Å². The molecule has 0 aliphatic heterocycles. The summed E-state index contributed by atoms with van der Waals surface area (Å²) in [5.41, 5.74) is 5.41. The van der Waals surface area contributed by atoms with E-state index >= 15 is 0 Å². The lowest BCUT2D eigenvalue weighted by molar-refractivity contribution is 0.103. The Balaban J connectivity index is 0.000000735. The van der Waals surface area contributed by atoms with Crippen molar-refractivity contribution >= 4 is 23.3 Å². The summed E-state index contributed by atoms with van der Waals surface area (Å²) in [6.45, 7) is 18.0. The first-order valence-corrected chi connectivity index (χ1v) is 17.1. The highest BCUT2D eigenvalue weighted by Gasteiger charge is 2.08. The summed E-state index contributed by atoms with van der Waals surface area (Å²) in [5, 5.41) is 0. The second kappa shape index (κ2) is 26.2. The Kier molecular flexibility index (Phi) is 23.8. The van der Waals surface area contributed by atoms with Crippen molar-refractivity contribution in [2.45, 2.75) is 73.0 Å². The molecule has 0 amide bonds. The van der Waals surface area contributed by atoms with E-state index < -0.39 is 0 Å². The standard InChI is InChI=1S/C20H16OS.C14H12O.4C2H6/c21-20(17-9-5-2-6-10-17)18-11-13-19(14-12-18)22-15-16-7-3-1-4-8-16;1-11-7-9-13(10-8-11)14(15)12-5-3-2-4-6-12;4*1-2/h1-14H,15H2;2-10H,1H3;4*1-2H3. The molecular weight excluding hydrogens is 569 g/mol. The average Bonchev–Trinajstić information content (AvgIpc) is 3.15. The van der Waals surface area contributed by atoms with Crippen LogP contribution < -0.4 is 0 Å². The molecule has 238 valence electrons. The van der Waals surface area contributed by atoms with Crippen LogP contribution in [0.2, 0.25) is 0 Å². The fraction of sp³-hybridized carbons (Fsp3) is 0.238. The Bertz CT molecular complexity index is 1410. The Morgan fingerprint density at radius 1 is 0.422 bits per heavy atom. The smallest absolute Gasteiger partial charge is 0.193 e. The maximum absolute atomic E-state index is 12.3. The van der Waals surface area contributed by atoms with Crippen LogP contribution in [0, 0.1) is 6.92 Å². The number of thioether (sulfide) groups is 1. The topological polar surface area (TPSA) is 34.1 Å². The van der Waals surface area contributed by atoms with Crippen LogP contribution in [0.25, 0.3) is 0 Å². The van der Waals surface area contributed by atoms with Gasteiger partial charge < -0.3 is 0 Å². The molecule has 5 aromatic rings. The number of carbonyl (C=O) groups excluding carboxylic acids is 2. The minimum Gasteiger partial charge on any atom is -0.289 e. The molecule has 3 heteroatoms. The molecule has 0 aliphatic rings. The van der Waals surface area contributed by atoms with Crippen LogP contribution in [0.4, 0.5) is 0 Å². The zero-order valence-electron chi connectivity index (χ0n) is 28.7. The van der Waals surface area contributed by atoms with Crippen molar-refractivity contribution in [1.82, 2.24) is 0 Å². The summed E-state index contributed by atoms with van der Waals surface area (Å²) >= 11 is 1.78. The first-order chi connectivity index (χ1) is 22.1. The predicted octanol–water partition coefficient (Wildman–Crippen LogP) is 12.5. The maximum atomic E-state index is 12.3. The normalized spacial score (nSPS) is 8.91. The molecule has 0 atom stereocenters. The molecule has 0 N–H and O–H groups in total. The number of rotatable bonds is 7. The molecule has 2 nitrogen and oxygen atoms in total. The number of aryl methyl sites for hydroxylation is 1. The monoisotopic (exact) mass is 620 g/mol. The molecule has 5 aromatic carbocycles. The SMILES string of the molecule is CC.CC.CC.CC.Cc1ccc(C(=O)c2ccccc2)cc1.O=C(c1ccccc1)c1ccc(SCc2ccccc2)cc1. The van der Waals surface area contributed by atoms with Gasteiger partial charge in [0.05, 0.1) is 0 Å². The van der Waals surface area contributed by atoms with Crippen LogP contribution in [0.5, 0.6) is 0 Å². The molecule has 0 saturated heterocycles. The van der Waals surface area contributed by atoms with E-state index in [0.717, 1.165) is 28.0 Å². The summed E-state index contributed by atoms with van der Waals surface area (Å²) in [7, 11) is 0. The third-order valence-electron chi connectivity index (χ3n) is 5.75. The highest BCUT2D eigenvalue weighted by molar-refractivity contribution is 7.98. The van der Waals surface area contributed by atoms with Crippen LogP contribution in [-0.4, -0.2) is 11.6 Å². The van der Waals surface area contributed by atoms with Crippen LogP contribution in [0.1, 0.15) is 98.4 Å². The van der Waals surface area contributed by atoms with E-state index in [2.05, 4.69) is 24.3 Å². The molecule has 0 spiro atoms. The highest BCUT2D eigenvalue weighted by atomic mass is 32.2. The Morgan fingerprint density at radius 2 is 0.733 bits per heavy atom. The first kappa shape index (κ1) is 40.8. The average molecular weight is 621 g/mol. The van der Waals surface area contributed by atoms with E-state index in [0.29, 0.717) is 0 Å². The van der Waals surface area contributed by atoms with Gasteiger partial charge in [-0.2, -0.15) is 0 Å². The van der Waals surface area contributed by atoms with Gasteiger partial charge in [-0.25, -0.2) is 0 Å². The Labute approximate surface area is 278 Å². The zero-order chi connectivity index (χ0) is 33.9. The Hall–Kier alpha value is -4.21. The van der Waals surface area contributed by atoms with Crippen molar-refractivity contribution in [1.29, 1.82) is 0 Å². The van der Waals surface area contributed by atoms with Crippen LogP contribution in [-0.2, 0) is 5.75 Å². The first-order valence-electron chi connectivity index (χ1n) is 16.1. The molecule has 0 saturated carbocycles. The lowest BCUT2D eigenvalue weighted by Crippen LogP contribution is -2.00. The third-order valence-corrected chi connectivity index (χ3v) is 6.83. The summed E-state index contributed by atoms with van der Waals surface area (Å²) in [5.74, 6) is 1.09. The minimum atomic E-state index is 0.0696. The van der Waals surface area contributed by atoms with Gasteiger partial charge in [-0.15, -0.1) is 11.8 Å². The summed E-state index contributed by atoms with van der Waals surface area (Å²) in [6, 6.07) is 44.6. The van der Waals surface area contributed by atoms with E-state index in [1.807, 2.05) is 178 Å². The maximum Gasteiger partial charge on any atom is 0.193 e. The van der Waals surface area contributed by atoms with Gasteiger partial charge in [0.2, 0.25) is 0 Å². The van der Waals surface area contributed by atoms with Gasteiger partial charge in [-0.05, 0) is 36.8 Å². The molecule has 5 rings (SSSR count). The molecule has 0 heterocycles. The lowest BCUT2D eigenvalue weighted by atomic mass is 10.0. The van der Waals surface area contributed by atoms with Gasteiger partial charge in [0.25, 0.3) is 0 Å². The van der Waals surface area contributed by atoms with Gasteiger partial charge in [-0.1, -0.05) is 176 Å². The number of hydrogen-bond donors (Lipinski definition) is 0. The van der Waals surface area contributed by atoms with E-state index in [-0.39, 0.29) is 11.6 Å². The number of hydrogen-bond acceptors (Lipinski definition) is 3. The molecule has 45 heavy (non-hydrogen) atoms. The van der Waals surface area contributed by atoms with Crippen molar-refractivity contribution < 1.29 is 9.59 Å². The van der Waals surface area contributed by atoms with Crippen LogP contribution in [0.3, 0.4) is 0 Å². The molecule has 0 aliphatic carbocycles. The van der Waals surface area contributed by atoms with Crippen molar-refractivity contribution in [3.63, 3.8) is 0 Å². The lowest BCUT2D eigenvalue weighted by Gasteiger charge is -2.04. The van der Waals surface area contributed by atoms with Crippen molar-refractivity contribution in [2.75, 3.05) is 0 Å². The van der Waals surface area contributed by atoms with Gasteiger partial charge in [0.1, 0.15) is 0 Å². The second-order valence-electron chi connectivity index (χ2n) is 8.55. The van der Waals surface area contributed by atoms with E-state index in [1.54, 1.807) is 11.8 Å². The van der Waals surface area contributed by atoms with Gasteiger partial charge in [0, 0.05) is 32.9 Å². The van der Waals surface area contributed by atoms with E-state index in [1.165, 1.54) is 16.0 Å². The van der Waals surface area contributed by atoms with Crippen molar-refractivity contribution in [3.05, 3.63) is 173 Å². The van der Waals surface area contributed by atoms with Crippen molar-refractivity contribution in [2.24, 2.45) is 0 Å². The summed E-state index contributed by atoms with van der Waals surface area (Å²) in [4.78, 5) is 25.5. The summed E-state index contributed by atoms with van der Waals surface area (Å²) < 4.78 is 0. The third kappa shape index (κ3) is 15.4. The van der Waals surface area contributed by atoms with E-state index in [9.17, 15) is 9.59 Å². The fourth-order valence-corrected chi connectivity index (χ4v) is 4.52. The predicted molar refractivity (Wildman–Crippen MR) is 199 cm³/mol. The molecular formula is C42H52O2S. The quantitative estimate of drug-likeness (QED) is 0.134. The second-order valence-corrected chi connectivity index (χ2v) is 9.60. The molecule has 0 bridgehead atoms. The van der Waals surface area contributed by atoms with Crippen molar-refractivity contribution in [3.8, 4) is 0 Å². The fourth-order valence-electron chi connectivity index (χ4n) is 3.66. The number of benzene rings is 5. The van der Waals surface area contributed by atoms with Gasteiger partial charge >= 0.3 is 0 Å². The molecule has 0 unspecified atom stereocenters. The molecule has 0 fully saturated rings. The molecule has 0 radical (unpaired) electrons. The zero-order valence-corrected chi connectivity index (χ0v) is 29.5. The van der Waals surface area contributed by atoms with Crippen LogP contribution in [0.15, 0.2) is 144 Å². The Morgan fingerprint density at radius 3 is 1.11 bits per heavy atom.